The van der Waals surface area contributed by atoms with E-state index in [2.05, 4.69) is 16.0 Å². The van der Waals surface area contributed by atoms with Crippen LogP contribution in [0.25, 0.3) is 0 Å². The average molecular weight is 383 g/mol. The maximum Gasteiger partial charge on any atom is 0.267 e. The molecule has 0 radical (unpaired) electrons. The molecule has 2 aromatic rings. The Kier molecular flexibility index (Phi) is 7.41. The summed E-state index contributed by atoms with van der Waals surface area (Å²) < 4.78 is 0. The Morgan fingerprint density at radius 2 is 1.78 bits per heavy atom. The van der Waals surface area contributed by atoms with Crippen molar-refractivity contribution in [2.75, 3.05) is 17.2 Å². The summed E-state index contributed by atoms with van der Waals surface area (Å²) in [5.74, 6) is -0.689. The lowest BCUT2D eigenvalue weighted by molar-refractivity contribution is -0.114. The normalized spacial score (nSPS) is 10.6. The van der Waals surface area contributed by atoms with Gasteiger partial charge in [0.25, 0.3) is 5.91 Å². The van der Waals surface area contributed by atoms with Crippen molar-refractivity contribution in [1.29, 1.82) is 5.26 Å². The molecule has 27 heavy (non-hydrogen) atoms. The third kappa shape index (κ3) is 6.84. The molecule has 6 nitrogen and oxygen atoms in total. The minimum Gasteiger partial charge on any atom is -0.389 e. The van der Waals surface area contributed by atoms with Gasteiger partial charge in [-0.05, 0) is 48.4 Å². The number of rotatable bonds is 7. The lowest BCUT2D eigenvalue weighted by atomic mass is 10.1. The van der Waals surface area contributed by atoms with Crippen molar-refractivity contribution in [1.82, 2.24) is 5.32 Å². The van der Waals surface area contributed by atoms with Crippen LogP contribution in [0, 0.1) is 11.3 Å². The van der Waals surface area contributed by atoms with Crippen LogP contribution < -0.4 is 16.0 Å². The highest BCUT2D eigenvalue weighted by atomic mass is 35.5. The molecule has 3 N–H and O–H groups in total. The molecule has 0 fully saturated rings. The van der Waals surface area contributed by atoms with Crippen LogP contribution in [-0.4, -0.2) is 18.4 Å². The Balaban J connectivity index is 1.88. The minimum absolute atomic E-state index is 0.0352. The molecule has 0 saturated carbocycles. The molecule has 0 aliphatic carbocycles. The molecule has 0 unspecified atom stereocenters. The summed E-state index contributed by atoms with van der Waals surface area (Å²) in [7, 11) is 0. The van der Waals surface area contributed by atoms with Gasteiger partial charge in [0.05, 0.1) is 0 Å². The van der Waals surface area contributed by atoms with E-state index in [9.17, 15) is 14.9 Å². The van der Waals surface area contributed by atoms with E-state index in [0.717, 1.165) is 5.56 Å². The molecule has 0 aromatic heterocycles. The van der Waals surface area contributed by atoms with E-state index >= 15 is 0 Å². The first-order chi connectivity index (χ1) is 13.0. The van der Waals surface area contributed by atoms with Crippen molar-refractivity contribution >= 4 is 34.8 Å². The largest absolute Gasteiger partial charge is 0.389 e. The van der Waals surface area contributed by atoms with Crippen molar-refractivity contribution in [3.8, 4) is 6.07 Å². The summed E-state index contributed by atoms with van der Waals surface area (Å²) in [4.78, 5) is 23.2. The second-order valence-corrected chi connectivity index (χ2v) is 6.15. The number of hydrogen-bond donors (Lipinski definition) is 3. The van der Waals surface area contributed by atoms with Crippen LogP contribution in [0.3, 0.4) is 0 Å². The van der Waals surface area contributed by atoms with Gasteiger partial charge in [-0.2, -0.15) is 5.26 Å². The van der Waals surface area contributed by atoms with E-state index < -0.39 is 5.91 Å². The minimum atomic E-state index is -0.514. The highest BCUT2D eigenvalue weighted by Gasteiger charge is 2.09. The number of nitriles is 1. The third-order valence-electron chi connectivity index (χ3n) is 3.52. The zero-order valence-electron chi connectivity index (χ0n) is 14.8. The number of carbonyl (C=O) groups is 2. The molecule has 138 valence electrons. The Labute approximate surface area is 162 Å². The second kappa shape index (κ2) is 10.00. The molecule has 2 aromatic carbocycles. The second-order valence-electron chi connectivity index (χ2n) is 5.72. The van der Waals surface area contributed by atoms with Gasteiger partial charge in [0.2, 0.25) is 5.91 Å². The summed E-state index contributed by atoms with van der Waals surface area (Å²) in [6.07, 6.45) is 2.10. The van der Waals surface area contributed by atoms with Gasteiger partial charge in [0, 0.05) is 36.1 Å². The van der Waals surface area contributed by atoms with E-state index in [4.69, 9.17) is 11.6 Å². The van der Waals surface area contributed by atoms with Crippen molar-refractivity contribution in [3.05, 3.63) is 70.9 Å². The van der Waals surface area contributed by atoms with Gasteiger partial charge in [-0.15, -0.1) is 0 Å². The molecule has 2 rings (SSSR count). The van der Waals surface area contributed by atoms with Gasteiger partial charge in [-0.3, -0.25) is 9.59 Å². The van der Waals surface area contributed by atoms with Gasteiger partial charge in [-0.25, -0.2) is 0 Å². The van der Waals surface area contributed by atoms with Crippen LogP contribution in [0.1, 0.15) is 12.5 Å². The number of amides is 2. The molecule has 7 heteroatoms. The fraction of sp³-hybridized carbons (Fsp3) is 0.150. The van der Waals surface area contributed by atoms with Gasteiger partial charge in [0.1, 0.15) is 11.6 Å². The maximum atomic E-state index is 12.2. The quantitative estimate of drug-likeness (QED) is 0.388. The molecular formula is C20H19ClN4O2. The lowest BCUT2D eigenvalue weighted by Crippen LogP contribution is -2.18. The van der Waals surface area contributed by atoms with Gasteiger partial charge in [0.15, 0.2) is 0 Å². The van der Waals surface area contributed by atoms with E-state index in [1.165, 1.54) is 13.1 Å². The Hall–Kier alpha value is -3.30. The molecule has 0 spiro atoms. The van der Waals surface area contributed by atoms with E-state index in [-0.39, 0.29) is 11.5 Å². The lowest BCUT2D eigenvalue weighted by Gasteiger charge is -2.07. The summed E-state index contributed by atoms with van der Waals surface area (Å²) in [6.45, 7) is 1.98. The van der Waals surface area contributed by atoms with Crippen LogP contribution in [-0.2, 0) is 16.0 Å². The Bertz CT molecular complexity index is 886. The van der Waals surface area contributed by atoms with Gasteiger partial charge < -0.3 is 16.0 Å². The van der Waals surface area contributed by atoms with E-state index in [0.29, 0.717) is 29.4 Å². The smallest absolute Gasteiger partial charge is 0.267 e. The van der Waals surface area contributed by atoms with Crippen molar-refractivity contribution in [2.24, 2.45) is 0 Å². The predicted octanol–water partition coefficient (Wildman–Crippen LogP) is 3.48. The number of carbonyl (C=O) groups excluding carboxylic acids is 2. The topological polar surface area (TPSA) is 94.0 Å². The fourth-order valence-electron chi connectivity index (χ4n) is 2.27. The molecule has 0 aliphatic rings. The Morgan fingerprint density at radius 1 is 1.11 bits per heavy atom. The van der Waals surface area contributed by atoms with Gasteiger partial charge >= 0.3 is 0 Å². The third-order valence-corrected chi connectivity index (χ3v) is 3.76. The van der Waals surface area contributed by atoms with Crippen LogP contribution in [0.5, 0.6) is 0 Å². The molecule has 2 amide bonds. The summed E-state index contributed by atoms with van der Waals surface area (Å²) in [5.41, 5.74) is 2.17. The van der Waals surface area contributed by atoms with Crippen LogP contribution >= 0.6 is 11.6 Å². The number of nitrogens with one attached hydrogen (secondary N) is 3. The standard InChI is InChI=1S/C20H19ClN4O2/c1-14(26)24-18-5-7-19(8-6-18)25-20(27)16(12-22)13-23-10-9-15-3-2-4-17(21)11-15/h2-8,11,13,23H,9-10H2,1H3,(H,24,26)(H,25,27)/b16-13-. The van der Waals surface area contributed by atoms with Crippen molar-refractivity contribution in [3.63, 3.8) is 0 Å². The number of anilines is 2. The molecule has 0 atom stereocenters. The molecule has 0 aliphatic heterocycles. The molecular weight excluding hydrogens is 364 g/mol. The maximum absolute atomic E-state index is 12.2. The van der Waals surface area contributed by atoms with Crippen molar-refractivity contribution in [2.45, 2.75) is 13.3 Å². The first kappa shape index (κ1) is 20.0. The van der Waals surface area contributed by atoms with Crippen LogP contribution in [0.2, 0.25) is 5.02 Å². The fourth-order valence-corrected chi connectivity index (χ4v) is 2.48. The average Bonchev–Trinajstić information content (AvgIpc) is 2.63. The van der Waals surface area contributed by atoms with Gasteiger partial charge in [-0.1, -0.05) is 23.7 Å². The number of benzene rings is 2. The zero-order valence-corrected chi connectivity index (χ0v) is 15.5. The number of nitrogens with zero attached hydrogens (tertiary/aromatic N) is 1. The van der Waals surface area contributed by atoms with E-state index in [1.807, 2.05) is 24.3 Å². The zero-order chi connectivity index (χ0) is 19.6. The summed E-state index contributed by atoms with van der Waals surface area (Å²) in [6, 6.07) is 16.0. The first-order valence-electron chi connectivity index (χ1n) is 8.25. The Morgan fingerprint density at radius 3 is 2.37 bits per heavy atom. The highest BCUT2D eigenvalue weighted by molar-refractivity contribution is 6.30. The van der Waals surface area contributed by atoms with Crippen molar-refractivity contribution < 1.29 is 9.59 Å². The summed E-state index contributed by atoms with van der Waals surface area (Å²) >= 11 is 5.93. The van der Waals surface area contributed by atoms with E-state index in [1.54, 1.807) is 30.3 Å². The summed E-state index contributed by atoms with van der Waals surface area (Å²) in [5, 5.41) is 18.1. The molecule has 0 heterocycles. The van der Waals surface area contributed by atoms with Crippen LogP contribution in [0.4, 0.5) is 11.4 Å². The monoisotopic (exact) mass is 382 g/mol. The number of hydrogen-bond acceptors (Lipinski definition) is 4. The predicted molar refractivity (Wildman–Crippen MR) is 106 cm³/mol. The highest BCUT2D eigenvalue weighted by Crippen LogP contribution is 2.14. The SMILES string of the molecule is CC(=O)Nc1ccc(NC(=O)/C(C#N)=C\NCCc2cccc(Cl)c2)cc1. The first-order valence-corrected chi connectivity index (χ1v) is 8.63. The molecule has 0 bridgehead atoms. The molecule has 0 saturated heterocycles. The van der Waals surface area contributed by atoms with Crippen LogP contribution in [0.15, 0.2) is 60.3 Å². The number of halogens is 1.